The van der Waals surface area contributed by atoms with Crippen molar-refractivity contribution in [3.8, 4) is 33.8 Å². The van der Waals surface area contributed by atoms with E-state index >= 15 is 0 Å². The Morgan fingerprint density at radius 1 is 0.516 bits per heavy atom. The van der Waals surface area contributed by atoms with Crippen molar-refractivity contribution < 1.29 is 27.0 Å². The number of rotatable bonds is 10. The second-order valence-electron chi connectivity index (χ2n) is 14.0. The van der Waals surface area contributed by atoms with Gasteiger partial charge in [0.2, 0.25) is 0 Å². The molecule has 7 aromatic rings. The third-order valence-electron chi connectivity index (χ3n) is 9.31. The van der Waals surface area contributed by atoms with Crippen molar-refractivity contribution in [2.24, 2.45) is 0 Å². The minimum Gasteiger partial charge on any atom is -0.497 e. The Kier molecular flexibility index (Phi) is 17.2. The molecule has 10 heteroatoms. The van der Waals surface area contributed by atoms with Gasteiger partial charge in [0.1, 0.15) is 23.1 Å². The number of hydrogen-bond acceptors (Lipinski definition) is 6. The third kappa shape index (κ3) is 15.6. The molecule has 0 atom stereocenters. The lowest BCUT2D eigenvalue weighted by Crippen LogP contribution is -2.23. The van der Waals surface area contributed by atoms with E-state index in [1.54, 1.807) is 38.5 Å². The Balaban J connectivity index is 0.000000176. The molecule has 6 N–H and O–H groups in total. The van der Waals surface area contributed by atoms with Gasteiger partial charge >= 0.3 is 0 Å². The molecule has 1 aliphatic rings. The van der Waals surface area contributed by atoms with Crippen LogP contribution in [-0.4, -0.2) is 20.1 Å². The lowest BCUT2D eigenvalue weighted by molar-refractivity contribution is 0.0524. The molecule has 0 saturated carbocycles. The number of ether oxygens (including phenoxy) is 2. The molecule has 0 aromatic heterocycles. The maximum absolute atomic E-state index is 13.3. The van der Waals surface area contributed by atoms with Crippen LogP contribution in [0, 0.1) is 11.6 Å². The molecular formula is C52H50F4N4O2. The molecule has 62 heavy (non-hydrogen) atoms. The Bertz CT molecular complexity index is 2440. The third-order valence-corrected chi connectivity index (χ3v) is 9.31. The van der Waals surface area contributed by atoms with Crippen LogP contribution in [0.5, 0.6) is 11.5 Å². The van der Waals surface area contributed by atoms with Crippen molar-refractivity contribution in [1.82, 2.24) is 5.32 Å². The highest BCUT2D eigenvalue weighted by Crippen LogP contribution is 2.28. The number of methoxy groups -OCH3 is 2. The number of alkyl halides is 2. The SMILES string of the molecule is COc1ccc(-c2ccc(CNC3=CC=CC(F)(F)C3)cc2)cc1.COc1ccc(-c2ccc(CNc3cccc(F)c3)cc2)cc1.Nc1cccc(F)c1.Nc1ccccc1. The summed E-state index contributed by atoms with van der Waals surface area (Å²) in [5.41, 5.74) is 19.9. The maximum Gasteiger partial charge on any atom is 0.272 e. The number of nitrogen functional groups attached to an aromatic ring is 2. The van der Waals surface area contributed by atoms with E-state index in [4.69, 9.17) is 20.9 Å². The molecular weight excluding hydrogens is 789 g/mol. The second kappa shape index (κ2) is 23.4. The summed E-state index contributed by atoms with van der Waals surface area (Å²) in [6, 6.07) is 54.1. The number of nitrogens with one attached hydrogen (secondary N) is 2. The number of nitrogens with two attached hydrogens (primary N) is 2. The highest BCUT2D eigenvalue weighted by atomic mass is 19.3. The number of benzene rings is 7. The highest BCUT2D eigenvalue weighted by molar-refractivity contribution is 5.65. The molecule has 6 nitrogen and oxygen atoms in total. The largest absolute Gasteiger partial charge is 0.497 e. The van der Waals surface area contributed by atoms with Crippen LogP contribution in [0.3, 0.4) is 0 Å². The van der Waals surface area contributed by atoms with Gasteiger partial charge in [-0.2, -0.15) is 0 Å². The first kappa shape index (κ1) is 45.6. The molecule has 0 unspecified atom stereocenters. The van der Waals surface area contributed by atoms with Crippen LogP contribution in [0.25, 0.3) is 22.3 Å². The molecule has 0 heterocycles. The molecule has 0 radical (unpaired) electrons. The molecule has 1 aliphatic carbocycles. The summed E-state index contributed by atoms with van der Waals surface area (Å²) in [5, 5.41) is 6.30. The highest BCUT2D eigenvalue weighted by Gasteiger charge is 2.28. The average Bonchev–Trinajstić information content (AvgIpc) is 3.29. The van der Waals surface area contributed by atoms with Crippen molar-refractivity contribution in [1.29, 1.82) is 0 Å². The summed E-state index contributed by atoms with van der Waals surface area (Å²) in [6.07, 6.45) is 3.76. The average molecular weight is 839 g/mol. The standard InChI is InChI=1S/C20H19F2NO.C20H18FNO.C6H6FN.C6H7N/c1-24-19-10-8-17(9-11-19)16-6-4-15(5-7-16)14-23-18-3-2-12-20(21,22)13-18;1-23-20-11-9-17(10-12-20)16-7-5-15(6-8-16)14-22-19-4-2-3-18(21)13-19;7-5-2-1-3-6(8)4-5;7-6-4-2-1-3-5-6/h2-12,23H,13-14H2,1H3;2-13,22H,14H2,1H3;1-4H,8H2;1-5H,7H2. The number of halogens is 4. The normalized spacial score (nSPS) is 12.1. The Hall–Kier alpha value is -7.46. The molecule has 0 fully saturated rings. The molecule has 318 valence electrons. The minimum absolute atomic E-state index is 0.232. The topological polar surface area (TPSA) is 94.6 Å². The lowest BCUT2D eigenvalue weighted by Gasteiger charge is -2.19. The van der Waals surface area contributed by atoms with Crippen LogP contribution in [0.15, 0.2) is 200 Å². The van der Waals surface area contributed by atoms with Crippen LogP contribution < -0.4 is 31.6 Å². The zero-order valence-corrected chi connectivity index (χ0v) is 34.6. The molecule has 0 bridgehead atoms. The van der Waals surface area contributed by atoms with Gasteiger partial charge in [-0.15, -0.1) is 0 Å². The van der Waals surface area contributed by atoms with Gasteiger partial charge < -0.3 is 31.6 Å². The summed E-state index contributed by atoms with van der Waals surface area (Å²) < 4.78 is 62.2. The fourth-order valence-corrected chi connectivity index (χ4v) is 5.97. The fraction of sp³-hybridized carbons (Fsp3) is 0.115. The summed E-state index contributed by atoms with van der Waals surface area (Å²) in [7, 11) is 3.31. The van der Waals surface area contributed by atoms with Crippen molar-refractivity contribution in [3.05, 3.63) is 223 Å². The van der Waals surface area contributed by atoms with E-state index < -0.39 is 5.92 Å². The van der Waals surface area contributed by atoms with E-state index in [-0.39, 0.29) is 18.1 Å². The molecule has 0 saturated heterocycles. The van der Waals surface area contributed by atoms with Crippen molar-refractivity contribution in [3.63, 3.8) is 0 Å². The number of hydrogen-bond donors (Lipinski definition) is 4. The second-order valence-corrected chi connectivity index (χ2v) is 14.0. The zero-order valence-electron chi connectivity index (χ0n) is 34.6. The molecule has 8 rings (SSSR count). The Morgan fingerprint density at radius 3 is 1.37 bits per heavy atom. The first-order chi connectivity index (χ1) is 30.0. The van der Waals surface area contributed by atoms with Gasteiger partial charge in [0, 0.05) is 35.8 Å². The van der Waals surface area contributed by atoms with E-state index in [1.807, 2.05) is 109 Å². The molecule has 0 spiro atoms. The number of para-hydroxylation sites is 1. The van der Waals surface area contributed by atoms with Gasteiger partial charge in [-0.3, -0.25) is 0 Å². The van der Waals surface area contributed by atoms with E-state index in [0.29, 0.717) is 24.5 Å². The summed E-state index contributed by atoms with van der Waals surface area (Å²) in [5.74, 6) is -1.60. The van der Waals surface area contributed by atoms with E-state index in [9.17, 15) is 17.6 Å². The maximum atomic E-state index is 13.3. The van der Waals surface area contributed by atoms with Gasteiger partial charge in [0.15, 0.2) is 0 Å². The summed E-state index contributed by atoms with van der Waals surface area (Å²) >= 11 is 0. The van der Waals surface area contributed by atoms with E-state index in [1.165, 1.54) is 30.3 Å². The Morgan fingerprint density at radius 2 is 0.968 bits per heavy atom. The van der Waals surface area contributed by atoms with Gasteiger partial charge in [-0.25, -0.2) is 17.6 Å². The van der Waals surface area contributed by atoms with Crippen molar-refractivity contribution in [2.75, 3.05) is 31.0 Å². The van der Waals surface area contributed by atoms with Crippen LogP contribution >= 0.6 is 0 Å². The first-order valence-corrected chi connectivity index (χ1v) is 19.8. The van der Waals surface area contributed by atoms with Crippen molar-refractivity contribution in [2.45, 2.75) is 25.4 Å². The first-order valence-electron chi connectivity index (χ1n) is 19.8. The summed E-state index contributed by atoms with van der Waals surface area (Å²) in [4.78, 5) is 0. The van der Waals surface area contributed by atoms with Crippen molar-refractivity contribution >= 4 is 17.1 Å². The van der Waals surface area contributed by atoms with Crippen LogP contribution in [-0.2, 0) is 13.1 Å². The summed E-state index contributed by atoms with van der Waals surface area (Å²) in [6.45, 7) is 1.19. The van der Waals surface area contributed by atoms with Crippen LogP contribution in [0.4, 0.5) is 34.6 Å². The number of allylic oxidation sites excluding steroid dienone is 4. The van der Waals surface area contributed by atoms with Gasteiger partial charge in [0.25, 0.3) is 5.92 Å². The van der Waals surface area contributed by atoms with Crippen LogP contribution in [0.1, 0.15) is 17.5 Å². The van der Waals surface area contributed by atoms with Gasteiger partial charge in [0.05, 0.1) is 20.6 Å². The molecule has 0 aliphatic heterocycles. The van der Waals surface area contributed by atoms with Gasteiger partial charge in [-0.05, 0) is 118 Å². The Labute approximate surface area is 361 Å². The fourth-order valence-electron chi connectivity index (χ4n) is 5.97. The predicted octanol–water partition coefficient (Wildman–Crippen LogP) is 12.7. The molecule has 0 amide bonds. The van der Waals surface area contributed by atoms with Gasteiger partial charge in [-0.1, -0.05) is 109 Å². The van der Waals surface area contributed by atoms with Crippen LogP contribution in [0.2, 0.25) is 0 Å². The molecule has 7 aromatic carbocycles. The van der Waals surface area contributed by atoms with E-state index in [2.05, 4.69) is 34.9 Å². The predicted molar refractivity (Wildman–Crippen MR) is 246 cm³/mol. The zero-order chi connectivity index (χ0) is 44.2. The van der Waals surface area contributed by atoms with E-state index in [0.717, 1.165) is 62.3 Å². The quantitative estimate of drug-likeness (QED) is 0.0810. The number of anilines is 3. The lowest BCUT2D eigenvalue weighted by atomic mass is 10.0. The smallest absolute Gasteiger partial charge is 0.272 e. The monoisotopic (exact) mass is 838 g/mol. The minimum atomic E-state index is -2.75.